The Morgan fingerprint density at radius 3 is 2.20 bits per heavy atom. The molecule has 0 aliphatic carbocycles. The van der Waals surface area contributed by atoms with E-state index in [1.54, 1.807) is 16.8 Å². The van der Waals surface area contributed by atoms with E-state index in [0.29, 0.717) is 65.9 Å². The van der Waals surface area contributed by atoms with Gasteiger partial charge < -0.3 is 25.6 Å². The number of amides is 6. The molecule has 5 aromatic rings. The molecule has 6 heterocycles. The van der Waals surface area contributed by atoms with Gasteiger partial charge in [0.05, 0.1) is 11.1 Å². The van der Waals surface area contributed by atoms with Gasteiger partial charge >= 0.3 is 0 Å². The van der Waals surface area contributed by atoms with E-state index in [0.717, 1.165) is 78.7 Å². The topological polar surface area (TPSA) is 193 Å². The third kappa shape index (κ3) is 7.74. The third-order valence-electron chi connectivity index (χ3n) is 13.1. The lowest BCUT2D eigenvalue weighted by Gasteiger charge is -2.39. The van der Waals surface area contributed by atoms with Gasteiger partial charge in [-0.1, -0.05) is 18.2 Å². The maximum atomic E-state index is 13.8. The van der Waals surface area contributed by atoms with Gasteiger partial charge in [-0.25, -0.2) is 4.68 Å². The number of imide groups is 2. The molecule has 1 unspecified atom stereocenters. The zero-order chi connectivity index (χ0) is 44.1. The largest absolute Gasteiger partial charge is 0.457 e. The van der Waals surface area contributed by atoms with E-state index >= 15 is 0 Å². The Kier molecular flexibility index (Phi) is 10.7. The number of piperidine rings is 2. The molecular weight excluding hydrogens is 815 g/mol. The van der Waals surface area contributed by atoms with Crippen LogP contribution < -0.4 is 26.0 Å². The smallest absolute Gasteiger partial charge is 0.262 e. The number of aryl methyl sites for hydroxylation is 2. The van der Waals surface area contributed by atoms with Crippen molar-refractivity contribution in [1.82, 2.24) is 29.8 Å². The van der Waals surface area contributed by atoms with Crippen LogP contribution in [0.15, 0.2) is 91.0 Å². The lowest BCUT2D eigenvalue weighted by atomic mass is 9.95. The number of piperazine rings is 1. The average Bonchev–Trinajstić information content (AvgIpc) is 3.72. The Hall–Kier alpha value is -7.33. The van der Waals surface area contributed by atoms with E-state index < -0.39 is 35.6 Å². The van der Waals surface area contributed by atoms with Gasteiger partial charge in [0.25, 0.3) is 23.6 Å². The van der Waals surface area contributed by atoms with Crippen molar-refractivity contribution in [3.05, 3.63) is 119 Å². The minimum Gasteiger partial charge on any atom is -0.457 e. The van der Waals surface area contributed by atoms with Crippen LogP contribution >= 0.6 is 0 Å². The van der Waals surface area contributed by atoms with Crippen LogP contribution in [0.5, 0.6) is 11.5 Å². The van der Waals surface area contributed by atoms with Crippen molar-refractivity contribution in [2.45, 2.75) is 44.7 Å². The molecule has 4 aromatic carbocycles. The summed E-state index contributed by atoms with van der Waals surface area (Å²) in [6.07, 6.45) is 2.73. The summed E-state index contributed by atoms with van der Waals surface area (Å²) in [5, 5.41) is 10.5. The SMILES string of the molecule is NC(=O)c1c(-c2ccc(Oc3ccccc3)cc2)nn2c1Nc1ccc(C(=O)N3CCN(CC4CCN(c5ccc6c(c5)C(=O)N(C5CCC(=O)NC5=O)C6=O)CC4)CC3)cc1CC2. The molecule has 10 rings (SSSR count). The summed E-state index contributed by atoms with van der Waals surface area (Å²) in [6.45, 7) is 5.86. The first-order valence-corrected chi connectivity index (χ1v) is 21.8. The first kappa shape index (κ1) is 40.7. The molecule has 64 heavy (non-hydrogen) atoms. The van der Waals surface area contributed by atoms with Crippen LogP contribution in [0.1, 0.15) is 72.7 Å². The van der Waals surface area contributed by atoms with Gasteiger partial charge in [-0.05, 0) is 110 Å². The van der Waals surface area contributed by atoms with E-state index in [2.05, 4.69) is 20.4 Å². The number of aromatic nitrogens is 2. The van der Waals surface area contributed by atoms with E-state index in [9.17, 15) is 28.8 Å². The van der Waals surface area contributed by atoms with Crippen LogP contribution in [0, 0.1) is 5.92 Å². The molecule has 3 saturated heterocycles. The van der Waals surface area contributed by atoms with Crippen LogP contribution in [-0.4, -0.2) is 112 Å². The molecule has 0 bridgehead atoms. The number of para-hydroxylation sites is 1. The predicted molar refractivity (Wildman–Crippen MR) is 237 cm³/mol. The molecule has 0 radical (unpaired) electrons. The highest BCUT2D eigenvalue weighted by atomic mass is 16.5. The van der Waals surface area contributed by atoms with Gasteiger partial charge in [-0.3, -0.25) is 43.9 Å². The second kappa shape index (κ2) is 16.7. The van der Waals surface area contributed by atoms with Crippen molar-refractivity contribution < 1.29 is 33.5 Å². The number of nitrogens with zero attached hydrogens (tertiary/aromatic N) is 6. The molecule has 1 atom stereocenters. The van der Waals surface area contributed by atoms with Gasteiger partial charge in [0.15, 0.2) is 0 Å². The number of hydrogen-bond acceptors (Lipinski definition) is 11. The highest BCUT2D eigenvalue weighted by Crippen LogP contribution is 2.37. The highest BCUT2D eigenvalue weighted by Gasteiger charge is 2.45. The number of hydrogen-bond donors (Lipinski definition) is 3. The highest BCUT2D eigenvalue weighted by molar-refractivity contribution is 6.23. The van der Waals surface area contributed by atoms with E-state index in [1.165, 1.54) is 0 Å². The summed E-state index contributed by atoms with van der Waals surface area (Å²) >= 11 is 0. The van der Waals surface area contributed by atoms with Gasteiger partial charge in [0.2, 0.25) is 11.8 Å². The predicted octanol–water partition coefficient (Wildman–Crippen LogP) is 4.82. The van der Waals surface area contributed by atoms with Gasteiger partial charge in [0, 0.05) is 81.3 Å². The molecule has 5 aliphatic rings. The zero-order valence-corrected chi connectivity index (χ0v) is 35.1. The molecule has 326 valence electrons. The van der Waals surface area contributed by atoms with Crippen LogP contribution in [-0.2, 0) is 22.6 Å². The molecule has 6 amide bonds. The number of anilines is 3. The fraction of sp³-hybridized carbons (Fsp3) is 0.312. The maximum Gasteiger partial charge on any atom is 0.262 e. The fourth-order valence-electron chi connectivity index (χ4n) is 9.61. The first-order chi connectivity index (χ1) is 31.1. The molecule has 5 aliphatic heterocycles. The Morgan fingerprint density at radius 1 is 0.734 bits per heavy atom. The molecule has 3 fully saturated rings. The average molecular weight is 862 g/mol. The second-order valence-corrected chi connectivity index (χ2v) is 17.0. The Morgan fingerprint density at radius 2 is 1.47 bits per heavy atom. The van der Waals surface area contributed by atoms with Crippen molar-refractivity contribution in [3.63, 3.8) is 0 Å². The number of nitrogens with one attached hydrogen (secondary N) is 2. The summed E-state index contributed by atoms with van der Waals surface area (Å²) in [5.74, 6) is -0.244. The maximum absolute atomic E-state index is 13.8. The fourth-order valence-corrected chi connectivity index (χ4v) is 9.61. The monoisotopic (exact) mass is 861 g/mol. The molecule has 1 aromatic heterocycles. The standard InChI is InChI=1S/C48H47N9O7/c49-43(59)41-42(30-6-10-35(11-7-30)64-34-4-2-1-3-5-34)52-56-21-18-31-26-32(8-13-38(31)50-44(41)56)46(61)55-24-22-53(23-25-55)28-29-16-19-54(20-17-29)33-9-12-36-37(27-33)48(63)57(47(36)62)39-14-15-40(58)51-45(39)60/h1-13,26-27,29,39,50H,14-25,28H2,(H2,49,59)(H,51,58,60). The normalized spacial score (nSPS) is 19.1. The molecule has 16 nitrogen and oxygen atoms in total. The summed E-state index contributed by atoms with van der Waals surface area (Å²) < 4.78 is 7.71. The third-order valence-corrected chi connectivity index (χ3v) is 13.1. The van der Waals surface area contributed by atoms with Crippen molar-refractivity contribution in [2.24, 2.45) is 11.7 Å². The Labute approximate surface area is 368 Å². The van der Waals surface area contributed by atoms with Gasteiger partial charge in [-0.15, -0.1) is 0 Å². The number of fused-ring (bicyclic) bond motifs is 3. The van der Waals surface area contributed by atoms with Crippen LogP contribution in [0.3, 0.4) is 0 Å². The van der Waals surface area contributed by atoms with Crippen LogP contribution in [0.4, 0.5) is 17.2 Å². The van der Waals surface area contributed by atoms with Gasteiger partial charge in [-0.2, -0.15) is 5.10 Å². The van der Waals surface area contributed by atoms with Crippen molar-refractivity contribution in [3.8, 4) is 22.8 Å². The quantitative estimate of drug-likeness (QED) is 0.172. The minimum absolute atomic E-state index is 0.00713. The molecule has 4 N–H and O–H groups in total. The van der Waals surface area contributed by atoms with E-state index in [1.807, 2.05) is 83.8 Å². The number of rotatable bonds is 9. The molecular formula is C48H47N9O7. The summed E-state index contributed by atoms with van der Waals surface area (Å²) in [4.78, 5) is 85.0. The van der Waals surface area contributed by atoms with Crippen molar-refractivity contribution >= 4 is 52.6 Å². The lowest BCUT2D eigenvalue weighted by Crippen LogP contribution is -2.54. The molecule has 16 heteroatoms. The van der Waals surface area contributed by atoms with Crippen LogP contribution in [0.2, 0.25) is 0 Å². The summed E-state index contributed by atoms with van der Waals surface area (Å²) in [5.41, 5.74) is 11.3. The number of primary amides is 1. The van der Waals surface area contributed by atoms with Crippen molar-refractivity contribution in [2.75, 3.05) is 56.0 Å². The zero-order valence-electron chi connectivity index (χ0n) is 35.1. The Balaban J connectivity index is 0.722. The first-order valence-electron chi connectivity index (χ1n) is 21.8. The van der Waals surface area contributed by atoms with Crippen LogP contribution in [0.25, 0.3) is 11.3 Å². The number of ether oxygens (including phenoxy) is 1. The summed E-state index contributed by atoms with van der Waals surface area (Å²) in [7, 11) is 0. The number of benzene rings is 4. The Bertz CT molecular complexity index is 2700. The minimum atomic E-state index is -0.989. The van der Waals surface area contributed by atoms with E-state index in [-0.39, 0.29) is 24.3 Å². The number of nitrogens with two attached hydrogens (primary N) is 1. The number of carbonyl (C=O) groups excluding carboxylic acids is 6. The van der Waals surface area contributed by atoms with Gasteiger partial charge in [0.1, 0.15) is 34.6 Å². The lowest BCUT2D eigenvalue weighted by molar-refractivity contribution is -0.136. The van der Waals surface area contributed by atoms with E-state index in [4.69, 9.17) is 15.6 Å². The van der Waals surface area contributed by atoms with Crippen molar-refractivity contribution in [1.29, 1.82) is 0 Å². The summed E-state index contributed by atoms with van der Waals surface area (Å²) in [6, 6.07) is 26.9. The second-order valence-electron chi connectivity index (χ2n) is 17.0. The molecule has 0 spiro atoms. The molecule has 0 saturated carbocycles. The number of carbonyl (C=O) groups is 6.